The molecule has 1 atom stereocenters. The fourth-order valence-corrected chi connectivity index (χ4v) is 2.93. The van der Waals surface area contributed by atoms with Gasteiger partial charge in [-0.1, -0.05) is 55.0 Å². The van der Waals surface area contributed by atoms with Gasteiger partial charge in [-0.3, -0.25) is 4.79 Å². The number of hydrogen-bond acceptors (Lipinski definition) is 1. The number of fused-ring (bicyclic) bond motifs is 1. The van der Waals surface area contributed by atoms with E-state index < -0.39 is 0 Å². The third-order valence-electron chi connectivity index (χ3n) is 4.03. The van der Waals surface area contributed by atoms with Crippen LogP contribution < -0.4 is 0 Å². The molecule has 0 saturated carbocycles. The minimum absolute atomic E-state index is 0.0169. The minimum atomic E-state index is 0.0169. The lowest BCUT2D eigenvalue weighted by atomic mass is 9.93. The summed E-state index contributed by atoms with van der Waals surface area (Å²) in [7, 11) is 0. The van der Waals surface area contributed by atoms with Crippen molar-refractivity contribution < 1.29 is 4.79 Å². The van der Waals surface area contributed by atoms with Gasteiger partial charge in [-0.15, -0.1) is 0 Å². The number of carbonyl (C=O) groups is 1. The van der Waals surface area contributed by atoms with E-state index in [9.17, 15) is 4.79 Å². The van der Waals surface area contributed by atoms with E-state index in [1.807, 2.05) is 12.1 Å². The lowest BCUT2D eigenvalue weighted by molar-refractivity contribution is 0.0973. The molecule has 1 unspecified atom stereocenters. The van der Waals surface area contributed by atoms with Crippen molar-refractivity contribution in [1.82, 2.24) is 0 Å². The summed E-state index contributed by atoms with van der Waals surface area (Å²) < 4.78 is 0. The van der Waals surface area contributed by atoms with Crippen LogP contribution in [0.25, 0.3) is 0 Å². The van der Waals surface area contributed by atoms with Gasteiger partial charge in [0, 0.05) is 5.56 Å². The van der Waals surface area contributed by atoms with E-state index >= 15 is 0 Å². The summed E-state index contributed by atoms with van der Waals surface area (Å²) in [5, 5.41) is 0. The van der Waals surface area contributed by atoms with Crippen LogP contribution in [0.3, 0.4) is 0 Å². The predicted molar refractivity (Wildman–Crippen MR) is 77.8 cm³/mol. The first-order chi connectivity index (χ1) is 9.19. The number of ketones is 1. The van der Waals surface area contributed by atoms with E-state index in [1.54, 1.807) is 0 Å². The third-order valence-corrected chi connectivity index (χ3v) is 4.03. The van der Waals surface area contributed by atoms with Crippen LogP contribution in [0, 0.1) is 6.92 Å². The number of benzene rings is 2. The molecular formula is C18H18O. The van der Waals surface area contributed by atoms with Gasteiger partial charge in [0.15, 0.2) is 5.78 Å². The van der Waals surface area contributed by atoms with E-state index in [1.165, 1.54) is 22.3 Å². The van der Waals surface area contributed by atoms with Gasteiger partial charge in [0.1, 0.15) is 0 Å². The molecule has 0 heterocycles. The Balaban J connectivity index is 1.99. The van der Waals surface area contributed by atoms with Crippen molar-refractivity contribution in [3.63, 3.8) is 0 Å². The van der Waals surface area contributed by atoms with Crippen molar-refractivity contribution in [1.29, 1.82) is 0 Å². The van der Waals surface area contributed by atoms with Crippen molar-refractivity contribution in [2.24, 2.45) is 0 Å². The fraction of sp³-hybridized carbons (Fsp3) is 0.278. The van der Waals surface area contributed by atoms with E-state index in [0.717, 1.165) is 18.4 Å². The average molecular weight is 250 g/mol. The molecule has 0 saturated heterocycles. The van der Waals surface area contributed by atoms with Crippen LogP contribution in [0.5, 0.6) is 0 Å². The molecule has 0 fully saturated rings. The summed E-state index contributed by atoms with van der Waals surface area (Å²) in [6.45, 7) is 4.23. The Morgan fingerprint density at radius 1 is 1.16 bits per heavy atom. The molecule has 19 heavy (non-hydrogen) atoms. The lowest BCUT2D eigenvalue weighted by Gasteiger charge is -2.09. The zero-order valence-electron chi connectivity index (χ0n) is 11.4. The Morgan fingerprint density at radius 3 is 2.79 bits per heavy atom. The van der Waals surface area contributed by atoms with Gasteiger partial charge in [0.25, 0.3) is 0 Å². The molecule has 1 aliphatic carbocycles. The predicted octanol–water partition coefficient (Wildman–Crippen LogP) is 4.08. The zero-order valence-corrected chi connectivity index (χ0v) is 11.4. The van der Waals surface area contributed by atoms with Crippen molar-refractivity contribution >= 4 is 5.78 Å². The molecule has 1 aliphatic rings. The van der Waals surface area contributed by atoms with Crippen molar-refractivity contribution in [2.75, 3.05) is 0 Å². The highest BCUT2D eigenvalue weighted by molar-refractivity contribution is 6.05. The Kier molecular flexibility index (Phi) is 2.98. The number of rotatable bonds is 2. The van der Waals surface area contributed by atoms with Gasteiger partial charge in [-0.05, 0) is 36.5 Å². The fourth-order valence-electron chi connectivity index (χ4n) is 2.93. The quantitative estimate of drug-likeness (QED) is 0.785. The van der Waals surface area contributed by atoms with Gasteiger partial charge in [0.05, 0.1) is 5.92 Å². The average Bonchev–Trinajstić information content (AvgIpc) is 2.75. The van der Waals surface area contributed by atoms with Crippen LogP contribution in [-0.4, -0.2) is 5.78 Å². The minimum Gasteiger partial charge on any atom is -0.293 e. The van der Waals surface area contributed by atoms with Crippen LogP contribution in [0.2, 0.25) is 0 Å². The number of carbonyl (C=O) groups excluding carboxylic acids is 1. The summed E-state index contributed by atoms with van der Waals surface area (Å²) >= 11 is 0. The highest BCUT2D eigenvalue weighted by atomic mass is 16.1. The van der Waals surface area contributed by atoms with Crippen LogP contribution >= 0.6 is 0 Å². The molecular weight excluding hydrogens is 232 g/mol. The maximum atomic E-state index is 12.5. The van der Waals surface area contributed by atoms with Crippen molar-refractivity contribution in [3.8, 4) is 0 Å². The Hall–Kier alpha value is -1.89. The normalized spacial score (nSPS) is 17.6. The highest BCUT2D eigenvalue weighted by Gasteiger charge is 2.31. The van der Waals surface area contributed by atoms with Gasteiger partial charge in [-0.2, -0.15) is 0 Å². The monoisotopic (exact) mass is 250 g/mol. The standard InChI is InChI=1S/C18H18O/c1-3-13-5-4-6-14(10-13)17-11-15-9-12(2)7-8-16(15)18(17)19/h4-10,17H,3,11H2,1-2H3. The molecule has 2 aromatic carbocycles. The molecule has 0 radical (unpaired) electrons. The molecule has 0 spiro atoms. The van der Waals surface area contributed by atoms with Crippen LogP contribution in [0.15, 0.2) is 42.5 Å². The second-order valence-corrected chi connectivity index (χ2v) is 5.38. The van der Waals surface area contributed by atoms with Gasteiger partial charge >= 0.3 is 0 Å². The maximum absolute atomic E-state index is 12.5. The zero-order chi connectivity index (χ0) is 13.4. The molecule has 2 aromatic rings. The second kappa shape index (κ2) is 4.65. The maximum Gasteiger partial charge on any atom is 0.170 e. The summed E-state index contributed by atoms with van der Waals surface area (Å²) in [5.74, 6) is 0.298. The first-order valence-corrected chi connectivity index (χ1v) is 6.91. The summed E-state index contributed by atoms with van der Waals surface area (Å²) in [6, 6.07) is 14.6. The SMILES string of the molecule is CCc1cccc(C2Cc3cc(C)ccc3C2=O)c1. The molecule has 0 N–H and O–H groups in total. The van der Waals surface area contributed by atoms with Crippen LogP contribution in [-0.2, 0) is 12.8 Å². The molecule has 0 bridgehead atoms. The molecule has 0 amide bonds. The van der Waals surface area contributed by atoms with Crippen molar-refractivity contribution in [2.45, 2.75) is 32.6 Å². The Bertz CT molecular complexity index is 640. The van der Waals surface area contributed by atoms with Crippen LogP contribution in [0.1, 0.15) is 45.5 Å². The Labute approximate surface area is 114 Å². The first kappa shape index (κ1) is 12.2. The lowest BCUT2D eigenvalue weighted by Crippen LogP contribution is -2.07. The molecule has 1 heteroatoms. The molecule has 3 rings (SSSR count). The first-order valence-electron chi connectivity index (χ1n) is 6.91. The summed E-state index contributed by atoms with van der Waals surface area (Å²) in [6.07, 6.45) is 1.86. The van der Waals surface area contributed by atoms with E-state index in [2.05, 4.69) is 44.2 Å². The molecule has 1 nitrogen and oxygen atoms in total. The number of hydrogen-bond donors (Lipinski definition) is 0. The molecule has 0 aliphatic heterocycles. The van der Waals surface area contributed by atoms with Crippen LogP contribution in [0.4, 0.5) is 0 Å². The second-order valence-electron chi connectivity index (χ2n) is 5.38. The smallest absolute Gasteiger partial charge is 0.170 e. The van der Waals surface area contributed by atoms with E-state index in [4.69, 9.17) is 0 Å². The van der Waals surface area contributed by atoms with Gasteiger partial charge in [-0.25, -0.2) is 0 Å². The molecule has 96 valence electrons. The summed E-state index contributed by atoms with van der Waals surface area (Å²) in [5.41, 5.74) is 5.82. The van der Waals surface area contributed by atoms with Gasteiger partial charge in [0.2, 0.25) is 0 Å². The Morgan fingerprint density at radius 2 is 2.00 bits per heavy atom. The number of aryl methyl sites for hydroxylation is 2. The largest absolute Gasteiger partial charge is 0.293 e. The highest BCUT2D eigenvalue weighted by Crippen LogP contribution is 2.34. The van der Waals surface area contributed by atoms with Crippen molar-refractivity contribution in [3.05, 3.63) is 70.3 Å². The molecule has 0 aromatic heterocycles. The van der Waals surface area contributed by atoms with Gasteiger partial charge < -0.3 is 0 Å². The third kappa shape index (κ3) is 2.10. The summed E-state index contributed by atoms with van der Waals surface area (Å²) in [4.78, 5) is 12.5. The topological polar surface area (TPSA) is 17.1 Å². The number of Topliss-reactive ketones (excluding diaryl/α,β-unsaturated/α-hetero) is 1. The van der Waals surface area contributed by atoms with E-state index in [-0.39, 0.29) is 11.7 Å². The van der Waals surface area contributed by atoms with E-state index in [0.29, 0.717) is 0 Å².